The third-order valence-corrected chi connectivity index (χ3v) is 4.95. The molecular formula is C17H25FN6O. The molecule has 136 valence electrons. The summed E-state index contributed by atoms with van der Waals surface area (Å²) < 4.78 is 19.3. The van der Waals surface area contributed by atoms with E-state index in [4.69, 9.17) is 4.52 Å². The Morgan fingerprint density at radius 1 is 1.44 bits per heavy atom. The van der Waals surface area contributed by atoms with Gasteiger partial charge in [-0.05, 0) is 33.2 Å². The Hall–Kier alpha value is -1.80. The van der Waals surface area contributed by atoms with Gasteiger partial charge < -0.3 is 4.52 Å². The van der Waals surface area contributed by atoms with Crippen LogP contribution >= 0.6 is 0 Å². The molecule has 0 amide bonds. The monoisotopic (exact) mass is 348 g/mol. The average molecular weight is 348 g/mol. The smallest absolute Gasteiger partial charge is 0.153 e. The number of aromatic nitrogens is 4. The number of rotatable bonds is 7. The maximum atomic E-state index is 14.0. The first-order chi connectivity index (χ1) is 12.1. The van der Waals surface area contributed by atoms with E-state index in [1.54, 1.807) is 0 Å². The summed E-state index contributed by atoms with van der Waals surface area (Å²) in [6.45, 7) is 4.43. The van der Waals surface area contributed by atoms with Gasteiger partial charge in [-0.25, -0.2) is 9.37 Å². The van der Waals surface area contributed by atoms with Gasteiger partial charge >= 0.3 is 0 Å². The molecule has 2 aliphatic rings. The highest BCUT2D eigenvalue weighted by atomic mass is 19.1. The van der Waals surface area contributed by atoms with Crippen LogP contribution in [0.2, 0.25) is 0 Å². The van der Waals surface area contributed by atoms with Crippen LogP contribution in [0.15, 0.2) is 10.6 Å². The summed E-state index contributed by atoms with van der Waals surface area (Å²) in [6.07, 6.45) is 2.17. The lowest BCUT2D eigenvalue weighted by atomic mass is 10.2. The number of nitrogens with one attached hydrogen (secondary N) is 1. The Balaban J connectivity index is 1.33. The fraction of sp³-hybridized carbons (Fsp3) is 0.706. The highest BCUT2D eigenvalue weighted by Crippen LogP contribution is 2.37. The van der Waals surface area contributed by atoms with Crippen LogP contribution in [0.5, 0.6) is 0 Å². The molecule has 2 fully saturated rings. The van der Waals surface area contributed by atoms with Crippen molar-refractivity contribution in [1.82, 2.24) is 30.1 Å². The second-order valence-electron chi connectivity index (χ2n) is 7.46. The van der Waals surface area contributed by atoms with Gasteiger partial charge in [-0.1, -0.05) is 5.16 Å². The van der Waals surface area contributed by atoms with E-state index in [1.807, 2.05) is 20.0 Å². The van der Waals surface area contributed by atoms with Crippen molar-refractivity contribution < 1.29 is 8.91 Å². The number of likely N-dealkylation sites (tertiary alicyclic amines) is 1. The number of halogens is 1. The molecule has 1 N–H and O–H groups in total. The van der Waals surface area contributed by atoms with Crippen molar-refractivity contribution in [3.63, 3.8) is 0 Å². The van der Waals surface area contributed by atoms with Crippen LogP contribution < -0.4 is 0 Å². The Morgan fingerprint density at radius 2 is 2.28 bits per heavy atom. The number of aromatic amines is 1. The van der Waals surface area contributed by atoms with E-state index in [0.717, 1.165) is 29.6 Å². The van der Waals surface area contributed by atoms with Crippen molar-refractivity contribution in [1.29, 1.82) is 0 Å². The number of H-pyrrole nitrogens is 1. The van der Waals surface area contributed by atoms with Gasteiger partial charge in [-0.3, -0.25) is 14.9 Å². The lowest BCUT2D eigenvalue weighted by Crippen LogP contribution is -2.38. The maximum Gasteiger partial charge on any atom is 0.153 e. The SMILES string of the molecule is Cc1cc(CN2C[C@@H](F)C[C@H]2CN(C)Cc2nc(C3CC3)n[nH]2)on1. The normalized spacial score (nSPS) is 24.5. The maximum absolute atomic E-state index is 14.0. The summed E-state index contributed by atoms with van der Waals surface area (Å²) in [4.78, 5) is 8.90. The van der Waals surface area contributed by atoms with Crippen LogP contribution in [0.4, 0.5) is 4.39 Å². The number of alkyl halides is 1. The summed E-state index contributed by atoms with van der Waals surface area (Å²) in [5.41, 5.74) is 0.858. The first-order valence-electron chi connectivity index (χ1n) is 8.97. The fourth-order valence-electron chi connectivity index (χ4n) is 3.58. The van der Waals surface area contributed by atoms with Crippen LogP contribution in [0.1, 0.15) is 48.3 Å². The molecule has 0 radical (unpaired) electrons. The molecule has 7 nitrogen and oxygen atoms in total. The second-order valence-corrected chi connectivity index (χ2v) is 7.46. The highest BCUT2D eigenvalue weighted by Gasteiger charge is 2.33. The number of hydrogen-bond donors (Lipinski definition) is 1. The predicted octanol–water partition coefficient (Wildman–Crippen LogP) is 2.02. The molecule has 0 unspecified atom stereocenters. The number of likely N-dealkylation sites (N-methyl/N-ethyl adjacent to an activating group) is 1. The Bertz CT molecular complexity index is 712. The van der Waals surface area contributed by atoms with Gasteiger partial charge in [0.05, 0.1) is 18.8 Å². The predicted molar refractivity (Wildman–Crippen MR) is 89.6 cm³/mol. The van der Waals surface area contributed by atoms with E-state index in [0.29, 0.717) is 32.0 Å². The molecule has 2 aromatic rings. The second kappa shape index (κ2) is 6.84. The summed E-state index contributed by atoms with van der Waals surface area (Å²) in [5, 5.41) is 11.2. The van der Waals surface area contributed by atoms with E-state index in [2.05, 4.69) is 30.1 Å². The molecule has 1 saturated heterocycles. The van der Waals surface area contributed by atoms with Crippen molar-refractivity contribution in [3.8, 4) is 0 Å². The molecule has 25 heavy (non-hydrogen) atoms. The van der Waals surface area contributed by atoms with Crippen molar-refractivity contribution in [2.24, 2.45) is 0 Å². The van der Waals surface area contributed by atoms with Crippen LogP contribution in [0.3, 0.4) is 0 Å². The van der Waals surface area contributed by atoms with Crippen LogP contribution in [-0.2, 0) is 13.1 Å². The quantitative estimate of drug-likeness (QED) is 0.825. The third-order valence-electron chi connectivity index (χ3n) is 4.95. The first kappa shape index (κ1) is 16.7. The molecule has 8 heteroatoms. The van der Waals surface area contributed by atoms with Gasteiger partial charge in [0.1, 0.15) is 12.0 Å². The Labute approximate surface area is 146 Å². The zero-order chi connectivity index (χ0) is 17.4. The summed E-state index contributed by atoms with van der Waals surface area (Å²) in [6, 6.07) is 2.08. The molecule has 2 atom stereocenters. The molecule has 3 heterocycles. The summed E-state index contributed by atoms with van der Waals surface area (Å²) in [7, 11) is 2.04. The Kier molecular flexibility index (Phi) is 4.56. The molecule has 1 aliphatic carbocycles. The van der Waals surface area contributed by atoms with E-state index in [1.165, 1.54) is 12.8 Å². The van der Waals surface area contributed by atoms with E-state index < -0.39 is 6.17 Å². The average Bonchev–Trinajstić information content (AvgIpc) is 3.02. The summed E-state index contributed by atoms with van der Waals surface area (Å²) >= 11 is 0. The Morgan fingerprint density at radius 3 is 3.00 bits per heavy atom. The summed E-state index contributed by atoms with van der Waals surface area (Å²) in [5.74, 6) is 3.17. The first-order valence-corrected chi connectivity index (χ1v) is 8.97. The number of nitrogens with zero attached hydrogens (tertiary/aromatic N) is 5. The molecule has 1 saturated carbocycles. The highest BCUT2D eigenvalue weighted by molar-refractivity contribution is 5.05. The van der Waals surface area contributed by atoms with Gasteiger partial charge in [0.2, 0.25) is 0 Å². The van der Waals surface area contributed by atoms with E-state index >= 15 is 0 Å². The van der Waals surface area contributed by atoms with Crippen LogP contribution in [0, 0.1) is 6.92 Å². The van der Waals surface area contributed by atoms with E-state index in [9.17, 15) is 4.39 Å². The largest absolute Gasteiger partial charge is 0.360 e. The van der Waals surface area contributed by atoms with Gasteiger partial charge in [0.25, 0.3) is 0 Å². The lowest BCUT2D eigenvalue weighted by Gasteiger charge is -2.27. The van der Waals surface area contributed by atoms with Crippen molar-refractivity contribution in [3.05, 3.63) is 29.2 Å². The minimum Gasteiger partial charge on any atom is -0.360 e. The molecule has 0 aromatic carbocycles. The van der Waals surface area contributed by atoms with Gasteiger partial charge in [-0.15, -0.1) is 0 Å². The molecular weight excluding hydrogens is 323 g/mol. The fourth-order valence-corrected chi connectivity index (χ4v) is 3.58. The van der Waals surface area contributed by atoms with E-state index in [-0.39, 0.29) is 6.04 Å². The molecule has 4 rings (SSSR count). The molecule has 1 aliphatic heterocycles. The van der Waals surface area contributed by atoms with Gasteiger partial charge in [0.15, 0.2) is 11.6 Å². The lowest BCUT2D eigenvalue weighted by molar-refractivity contribution is 0.165. The standard InChI is InChI=1S/C17H25FN6O/c1-11-5-15(25-22-11)9-24-7-13(18)6-14(24)8-23(2)10-16-19-17(21-20-16)12-3-4-12/h5,12-14H,3-4,6-10H2,1-2H3,(H,19,20,21)/t13-,14-/m0/s1. The minimum absolute atomic E-state index is 0.163. The zero-order valence-electron chi connectivity index (χ0n) is 14.8. The topological polar surface area (TPSA) is 74.1 Å². The number of aryl methyl sites for hydroxylation is 1. The van der Waals surface area contributed by atoms with Crippen LogP contribution in [-0.4, -0.2) is 62.5 Å². The molecule has 0 spiro atoms. The zero-order valence-corrected chi connectivity index (χ0v) is 14.8. The molecule has 2 aromatic heterocycles. The van der Waals surface area contributed by atoms with Gasteiger partial charge in [0, 0.05) is 31.1 Å². The molecule has 0 bridgehead atoms. The van der Waals surface area contributed by atoms with Crippen LogP contribution in [0.25, 0.3) is 0 Å². The number of hydrogen-bond acceptors (Lipinski definition) is 6. The third kappa shape index (κ3) is 4.07. The van der Waals surface area contributed by atoms with Crippen molar-refractivity contribution >= 4 is 0 Å². The van der Waals surface area contributed by atoms with Crippen molar-refractivity contribution in [2.45, 2.75) is 57.4 Å². The van der Waals surface area contributed by atoms with Gasteiger partial charge in [-0.2, -0.15) is 5.10 Å². The minimum atomic E-state index is -0.783. The van der Waals surface area contributed by atoms with Crippen molar-refractivity contribution in [2.75, 3.05) is 20.1 Å².